The second-order valence-electron chi connectivity index (χ2n) is 10.3. The summed E-state index contributed by atoms with van der Waals surface area (Å²) in [6.07, 6.45) is 3.88. The number of carbonyl (C=O) groups excluding carboxylic acids is 1. The molecule has 2 aliphatic rings. The van der Waals surface area contributed by atoms with Crippen molar-refractivity contribution >= 4 is 44.8 Å². The summed E-state index contributed by atoms with van der Waals surface area (Å²) in [6, 6.07) is 6.43. The molecule has 14 heteroatoms. The summed E-state index contributed by atoms with van der Waals surface area (Å²) in [6.45, 7) is 8.09. The smallest absolute Gasteiger partial charge is 0.229 e. The van der Waals surface area contributed by atoms with Gasteiger partial charge in [0.1, 0.15) is 23.0 Å². The third kappa shape index (κ3) is 5.93. The first-order valence-electron chi connectivity index (χ1n) is 13.3. The zero-order valence-corrected chi connectivity index (χ0v) is 24.1. The Kier molecular flexibility index (Phi) is 7.79. The summed E-state index contributed by atoms with van der Waals surface area (Å²) in [7, 11) is -3.22. The van der Waals surface area contributed by atoms with Crippen LogP contribution in [0.15, 0.2) is 36.7 Å². The second kappa shape index (κ2) is 11.2. The summed E-state index contributed by atoms with van der Waals surface area (Å²) in [5.74, 6) is -1.13. The number of piperazine rings is 1. The van der Waals surface area contributed by atoms with E-state index in [0.717, 1.165) is 11.9 Å². The zero-order valence-electron chi connectivity index (χ0n) is 23.3. The molecule has 1 fully saturated rings. The normalized spacial score (nSPS) is 16.2. The fraction of sp³-hybridized carbons (Fsp3) is 0.407. The predicted molar refractivity (Wildman–Crippen MR) is 154 cm³/mol. The Hall–Kier alpha value is -3.91. The van der Waals surface area contributed by atoms with E-state index in [1.54, 1.807) is 18.3 Å². The lowest BCUT2D eigenvalue weighted by atomic mass is 10.0. The SMILES string of the molecule is CC(=O)N1CCN(C(C)C)c2cc(-c3nc(Nc4ccc(N5CCN(S(C)(=O)=O)CC5)cn4)ncc3F)cc(F)c21. The van der Waals surface area contributed by atoms with Gasteiger partial charge in [-0.3, -0.25) is 4.79 Å². The van der Waals surface area contributed by atoms with Crippen LogP contribution in [0.2, 0.25) is 0 Å². The molecule has 0 saturated carbocycles. The first kappa shape index (κ1) is 28.6. The molecule has 4 heterocycles. The van der Waals surface area contributed by atoms with Gasteiger partial charge in [-0.1, -0.05) is 0 Å². The quantitative estimate of drug-likeness (QED) is 0.465. The van der Waals surface area contributed by atoms with Gasteiger partial charge < -0.3 is 20.0 Å². The second-order valence-corrected chi connectivity index (χ2v) is 12.3. The Morgan fingerprint density at radius 2 is 1.71 bits per heavy atom. The van der Waals surface area contributed by atoms with Gasteiger partial charge in [-0.25, -0.2) is 32.2 Å². The van der Waals surface area contributed by atoms with Gasteiger partial charge in [-0.15, -0.1) is 0 Å². The van der Waals surface area contributed by atoms with E-state index in [4.69, 9.17) is 0 Å². The summed E-state index contributed by atoms with van der Waals surface area (Å²) >= 11 is 0. The summed E-state index contributed by atoms with van der Waals surface area (Å²) in [4.78, 5) is 30.4. The maximum Gasteiger partial charge on any atom is 0.229 e. The van der Waals surface area contributed by atoms with Gasteiger partial charge in [-0.05, 0) is 38.1 Å². The molecule has 1 aromatic carbocycles. The van der Waals surface area contributed by atoms with Crippen LogP contribution >= 0.6 is 0 Å². The van der Waals surface area contributed by atoms with E-state index in [-0.39, 0.29) is 34.8 Å². The number of anilines is 5. The highest BCUT2D eigenvalue weighted by atomic mass is 32.2. The van der Waals surface area contributed by atoms with Crippen LogP contribution < -0.4 is 20.0 Å². The van der Waals surface area contributed by atoms with Crippen molar-refractivity contribution in [3.8, 4) is 11.3 Å². The van der Waals surface area contributed by atoms with E-state index < -0.39 is 21.7 Å². The van der Waals surface area contributed by atoms with E-state index in [0.29, 0.717) is 50.8 Å². The van der Waals surface area contributed by atoms with Gasteiger partial charge in [-0.2, -0.15) is 4.31 Å². The van der Waals surface area contributed by atoms with E-state index in [9.17, 15) is 17.6 Å². The molecule has 5 rings (SSSR count). The summed E-state index contributed by atoms with van der Waals surface area (Å²) < 4.78 is 55.4. The molecular weight excluding hydrogens is 554 g/mol. The van der Waals surface area contributed by atoms with E-state index in [2.05, 4.69) is 20.3 Å². The van der Waals surface area contributed by atoms with Crippen molar-refractivity contribution in [3.63, 3.8) is 0 Å². The molecule has 0 aliphatic carbocycles. The van der Waals surface area contributed by atoms with Crippen LogP contribution in [-0.4, -0.2) is 85.1 Å². The van der Waals surface area contributed by atoms with Crippen molar-refractivity contribution in [2.75, 3.05) is 65.5 Å². The van der Waals surface area contributed by atoms with Crippen molar-refractivity contribution in [1.82, 2.24) is 19.3 Å². The minimum Gasteiger partial charge on any atom is -0.368 e. The van der Waals surface area contributed by atoms with E-state index in [1.165, 1.54) is 28.5 Å². The lowest BCUT2D eigenvalue weighted by Crippen LogP contribution is -2.48. The van der Waals surface area contributed by atoms with Crippen LogP contribution in [0.5, 0.6) is 0 Å². The average molecular weight is 587 g/mol. The maximum absolute atomic E-state index is 15.5. The molecule has 0 spiro atoms. The van der Waals surface area contributed by atoms with Gasteiger partial charge in [0.05, 0.1) is 30.0 Å². The lowest BCUT2D eigenvalue weighted by molar-refractivity contribution is -0.116. The highest BCUT2D eigenvalue weighted by Crippen LogP contribution is 2.40. The minimum atomic E-state index is -3.22. The van der Waals surface area contributed by atoms with Crippen LogP contribution in [0.4, 0.5) is 37.6 Å². The molecule has 3 aromatic rings. The topological polar surface area (TPSA) is 115 Å². The molecule has 0 unspecified atom stereocenters. The van der Waals surface area contributed by atoms with Gasteiger partial charge in [0.2, 0.25) is 21.9 Å². The monoisotopic (exact) mass is 586 g/mol. The molecule has 1 saturated heterocycles. The van der Waals surface area contributed by atoms with Gasteiger partial charge in [0.25, 0.3) is 0 Å². The molecule has 0 bridgehead atoms. The highest BCUT2D eigenvalue weighted by Gasteiger charge is 2.31. The molecule has 11 nitrogen and oxygen atoms in total. The van der Waals surface area contributed by atoms with Crippen molar-refractivity contribution < 1.29 is 22.0 Å². The van der Waals surface area contributed by atoms with Crippen LogP contribution in [0, 0.1) is 11.6 Å². The Morgan fingerprint density at radius 3 is 2.32 bits per heavy atom. The number of rotatable bonds is 6. The third-order valence-corrected chi connectivity index (χ3v) is 8.57. The van der Waals surface area contributed by atoms with Crippen LogP contribution in [0.3, 0.4) is 0 Å². The maximum atomic E-state index is 15.5. The lowest BCUT2D eigenvalue weighted by Gasteiger charge is -2.40. The molecular formula is C27H32F2N8O3S. The standard InChI is InChI=1S/C27H32F2N8O3S/c1-17(2)36-11-12-37(18(3)38)26-21(28)13-19(14-23(26)36)25-22(29)16-31-27(33-25)32-24-6-5-20(15-30-24)34-7-9-35(10-8-34)41(4,39)40/h5-6,13-17H,7-12H2,1-4H3,(H,30,31,32,33). The number of aromatic nitrogens is 3. The molecule has 1 N–H and O–H groups in total. The third-order valence-electron chi connectivity index (χ3n) is 7.27. The molecule has 2 aliphatic heterocycles. The number of nitrogens with one attached hydrogen (secondary N) is 1. The van der Waals surface area contributed by atoms with Gasteiger partial charge in [0.15, 0.2) is 5.82 Å². The van der Waals surface area contributed by atoms with Crippen molar-refractivity contribution in [1.29, 1.82) is 0 Å². The Balaban J connectivity index is 1.38. The van der Waals surface area contributed by atoms with Gasteiger partial charge >= 0.3 is 0 Å². The fourth-order valence-corrected chi connectivity index (χ4v) is 5.99. The largest absolute Gasteiger partial charge is 0.368 e. The zero-order chi connectivity index (χ0) is 29.5. The number of halogens is 2. The number of hydrogen-bond acceptors (Lipinski definition) is 9. The summed E-state index contributed by atoms with van der Waals surface area (Å²) in [5.41, 5.74) is 1.64. The molecule has 2 aromatic heterocycles. The number of fused-ring (bicyclic) bond motifs is 1. The van der Waals surface area contributed by atoms with Crippen LogP contribution in [-0.2, 0) is 14.8 Å². The summed E-state index contributed by atoms with van der Waals surface area (Å²) in [5, 5.41) is 2.96. The van der Waals surface area contributed by atoms with Crippen molar-refractivity contribution in [2.24, 2.45) is 0 Å². The number of nitrogens with zero attached hydrogens (tertiary/aromatic N) is 7. The molecule has 0 atom stereocenters. The first-order valence-corrected chi connectivity index (χ1v) is 15.1. The molecule has 218 valence electrons. The fourth-order valence-electron chi connectivity index (χ4n) is 5.17. The predicted octanol–water partition coefficient (Wildman–Crippen LogP) is 3.22. The molecule has 0 radical (unpaired) electrons. The highest BCUT2D eigenvalue weighted by molar-refractivity contribution is 7.88. The Bertz CT molecular complexity index is 1560. The van der Waals surface area contributed by atoms with Crippen LogP contribution in [0.1, 0.15) is 20.8 Å². The first-order chi connectivity index (χ1) is 19.4. The number of sulfonamides is 1. The minimum absolute atomic E-state index is 0.0302. The van der Waals surface area contributed by atoms with E-state index in [1.807, 2.05) is 29.7 Å². The number of carbonyl (C=O) groups is 1. The number of amides is 1. The Labute approximate surface area is 237 Å². The number of pyridine rings is 1. The van der Waals surface area contributed by atoms with Gasteiger partial charge in [0, 0.05) is 57.8 Å². The molecule has 41 heavy (non-hydrogen) atoms. The van der Waals surface area contributed by atoms with Crippen molar-refractivity contribution in [3.05, 3.63) is 48.3 Å². The van der Waals surface area contributed by atoms with Crippen LogP contribution in [0.25, 0.3) is 11.3 Å². The number of hydrogen-bond donors (Lipinski definition) is 1. The average Bonchev–Trinajstić information content (AvgIpc) is 2.93. The molecule has 1 amide bonds. The van der Waals surface area contributed by atoms with E-state index >= 15 is 4.39 Å². The number of benzene rings is 1. The Morgan fingerprint density at radius 1 is 0.976 bits per heavy atom. The van der Waals surface area contributed by atoms with Crippen molar-refractivity contribution in [2.45, 2.75) is 26.8 Å².